The van der Waals surface area contributed by atoms with Crippen LogP contribution in [0.1, 0.15) is 127 Å². The molecule has 0 spiro atoms. The van der Waals surface area contributed by atoms with Gasteiger partial charge in [0.25, 0.3) is 0 Å². The SMILES string of the molecule is CCCCCCCC[N+]1=C(/C=C2\C(=O)C(/C=C3/N(C)c4c(ccc5c6c(ccc45)CC(/C=C4/C(=O)C(/C=C5/N(CC)c7ccc8ccccc8c7C5(C)C)=C4[O-])=[N+]6C)C3(C)C)=C2[O-])C(C)(C)c2cc(C(=O)O)ccc21. The zero-order valence-corrected chi connectivity index (χ0v) is 45.0. The van der Waals surface area contributed by atoms with E-state index in [1.165, 1.54) is 30.2 Å². The van der Waals surface area contributed by atoms with Crippen molar-refractivity contribution in [1.82, 2.24) is 0 Å². The first-order valence-corrected chi connectivity index (χ1v) is 26.8. The number of unbranched alkanes of at least 4 members (excludes halogenated alkanes) is 5. The number of rotatable bonds is 13. The van der Waals surface area contributed by atoms with E-state index in [1.807, 2.05) is 46.2 Å². The molecule has 2 aliphatic carbocycles. The molecule has 6 aliphatic rings. The van der Waals surface area contributed by atoms with Crippen LogP contribution in [0.3, 0.4) is 0 Å². The normalized spacial score (nSPS) is 21.2. The third kappa shape index (κ3) is 7.37. The number of benzene rings is 5. The minimum Gasteiger partial charge on any atom is -0.871 e. The van der Waals surface area contributed by atoms with Crippen molar-refractivity contribution in [1.29, 1.82) is 0 Å². The summed E-state index contributed by atoms with van der Waals surface area (Å²) in [7, 11) is 3.99. The third-order valence-electron chi connectivity index (χ3n) is 17.4. The highest BCUT2D eigenvalue weighted by atomic mass is 16.4. The highest BCUT2D eigenvalue weighted by Gasteiger charge is 2.48. The molecule has 0 unspecified atom stereocenters. The monoisotopic (exact) mass is 998 g/mol. The lowest BCUT2D eigenvalue weighted by molar-refractivity contribution is -0.438. The maximum absolute atomic E-state index is 14.3. The number of nitrogens with zero attached hydrogens (tertiary/aromatic N) is 4. The number of carboxylic acid groups (broad SMARTS) is 1. The van der Waals surface area contributed by atoms with Gasteiger partial charge in [-0.25, -0.2) is 4.79 Å². The smallest absolute Gasteiger partial charge is 0.335 e. The zero-order valence-electron chi connectivity index (χ0n) is 45.0. The molecular formula is C65H66N4O6. The Hall–Kier alpha value is -7.59. The molecule has 1 N–H and O–H groups in total. The Kier molecular flexibility index (Phi) is 11.8. The van der Waals surface area contributed by atoms with Crippen LogP contribution < -0.4 is 20.0 Å². The fourth-order valence-corrected chi connectivity index (χ4v) is 13.2. The van der Waals surface area contributed by atoms with Gasteiger partial charge in [0.2, 0.25) is 11.4 Å². The van der Waals surface area contributed by atoms with E-state index < -0.39 is 22.2 Å². The van der Waals surface area contributed by atoms with Crippen molar-refractivity contribution >= 4 is 73.3 Å². The van der Waals surface area contributed by atoms with Crippen molar-refractivity contribution in [2.75, 3.05) is 37.0 Å². The standard InChI is InChI=1S/C65H66N4O6/c1-11-13-14-15-16-19-30-69-50-28-24-39(62(74)75)32-49(50)64(5,6)53(69)35-46-60(72)45(61(46)73)34-52-63(3,4)48-27-26-42-43(57(48)67(52)10)25-22-38-31-40(66(9)56(38)42)33-44-58(70)47(59(44)71)36-54-65(7,8)55-41-21-18-17-20-37(41)23-29-51(55)68(54)12-2/h17-18,20-29,32-36H,11-16,19,30-31H2,1-10H3,(H-2,70,71,72,73,74,75). The summed E-state index contributed by atoms with van der Waals surface area (Å²) in [6, 6.07) is 26.4. The van der Waals surface area contributed by atoms with Crippen LogP contribution in [-0.2, 0) is 32.3 Å². The second-order valence-corrected chi connectivity index (χ2v) is 22.9. The minimum absolute atomic E-state index is 0.142. The molecule has 0 radical (unpaired) electrons. The third-order valence-corrected chi connectivity index (χ3v) is 17.4. The molecule has 5 aromatic carbocycles. The number of hydrogen-bond acceptors (Lipinski definition) is 7. The summed E-state index contributed by atoms with van der Waals surface area (Å²) in [6.07, 6.45) is 14.4. The van der Waals surface area contributed by atoms with Crippen molar-refractivity contribution in [3.63, 3.8) is 0 Å². The van der Waals surface area contributed by atoms with Crippen molar-refractivity contribution < 1.29 is 38.9 Å². The lowest BCUT2D eigenvalue weighted by Gasteiger charge is -2.32. The highest BCUT2D eigenvalue weighted by Crippen LogP contribution is 2.54. The van der Waals surface area contributed by atoms with Gasteiger partial charge in [-0.2, -0.15) is 9.15 Å². The average molecular weight is 999 g/mol. The Bertz CT molecular complexity index is 3700. The van der Waals surface area contributed by atoms with E-state index in [0.717, 1.165) is 97.7 Å². The van der Waals surface area contributed by atoms with Crippen LogP contribution in [0.5, 0.6) is 0 Å². The lowest BCUT2D eigenvalue weighted by Crippen LogP contribution is -2.34. The molecule has 11 rings (SSSR count). The van der Waals surface area contributed by atoms with Crippen molar-refractivity contribution in [2.45, 2.75) is 117 Å². The van der Waals surface area contributed by atoms with Crippen molar-refractivity contribution in [3.8, 4) is 0 Å². The van der Waals surface area contributed by atoms with E-state index in [9.17, 15) is 29.7 Å². The summed E-state index contributed by atoms with van der Waals surface area (Å²) in [5.41, 5.74) is 11.0. The van der Waals surface area contributed by atoms with Crippen LogP contribution in [0.15, 0.2) is 148 Å². The fourth-order valence-electron chi connectivity index (χ4n) is 13.2. The quantitative estimate of drug-likeness (QED) is 0.0701. The first-order valence-electron chi connectivity index (χ1n) is 26.8. The predicted octanol–water partition coefficient (Wildman–Crippen LogP) is 11.0. The zero-order chi connectivity index (χ0) is 53.2. The molecule has 0 fully saturated rings. The number of allylic oxidation sites excluding steroid dienone is 10. The van der Waals surface area contributed by atoms with Gasteiger partial charge in [-0.15, -0.1) is 0 Å². The number of ketones is 2. The molecule has 0 bridgehead atoms. The molecule has 0 aromatic heterocycles. The van der Waals surface area contributed by atoms with Crippen LogP contribution in [0.25, 0.3) is 21.5 Å². The molecule has 4 aliphatic heterocycles. The number of anilines is 2. The Morgan fingerprint density at radius 2 is 1.37 bits per heavy atom. The van der Waals surface area contributed by atoms with Gasteiger partial charge >= 0.3 is 5.97 Å². The minimum atomic E-state index is -0.997. The molecular weight excluding hydrogens is 933 g/mol. The summed E-state index contributed by atoms with van der Waals surface area (Å²) in [5.74, 6) is -2.06. The van der Waals surface area contributed by atoms with Gasteiger partial charge in [-0.05, 0) is 85.5 Å². The summed E-state index contributed by atoms with van der Waals surface area (Å²) in [5, 5.41) is 42.5. The summed E-state index contributed by atoms with van der Waals surface area (Å²) < 4.78 is 4.28. The van der Waals surface area contributed by atoms with Crippen LogP contribution in [0, 0.1) is 0 Å². The van der Waals surface area contributed by atoms with E-state index in [0.29, 0.717) is 19.5 Å². The van der Waals surface area contributed by atoms with Gasteiger partial charge in [0, 0.05) is 105 Å². The van der Waals surface area contributed by atoms with E-state index >= 15 is 0 Å². The Labute approximate surface area is 440 Å². The highest BCUT2D eigenvalue weighted by molar-refractivity contribution is 6.25. The van der Waals surface area contributed by atoms with E-state index in [1.54, 1.807) is 30.4 Å². The number of aromatic carboxylic acids is 1. The van der Waals surface area contributed by atoms with Crippen LogP contribution in [-0.4, -0.2) is 70.4 Å². The van der Waals surface area contributed by atoms with Gasteiger partial charge in [0.05, 0.1) is 28.5 Å². The van der Waals surface area contributed by atoms with E-state index in [4.69, 9.17) is 0 Å². The van der Waals surface area contributed by atoms with Crippen LogP contribution >= 0.6 is 0 Å². The summed E-state index contributed by atoms with van der Waals surface area (Å²) in [6.45, 7) is 18.4. The topological polar surface area (TPSA) is 130 Å². The maximum Gasteiger partial charge on any atom is 0.335 e. The van der Waals surface area contributed by atoms with Crippen LogP contribution in [0.4, 0.5) is 22.7 Å². The lowest BCUT2D eigenvalue weighted by atomic mass is 9.77. The predicted molar refractivity (Wildman–Crippen MR) is 296 cm³/mol. The molecule has 5 aromatic rings. The molecule has 4 heterocycles. The summed E-state index contributed by atoms with van der Waals surface area (Å²) in [4.78, 5) is 44.7. The maximum atomic E-state index is 14.3. The summed E-state index contributed by atoms with van der Waals surface area (Å²) >= 11 is 0. The van der Waals surface area contributed by atoms with Crippen LogP contribution in [0.2, 0.25) is 0 Å². The number of likely N-dealkylation sites (N-methyl/N-ethyl adjacent to an activating group) is 2. The molecule has 0 amide bonds. The van der Waals surface area contributed by atoms with Crippen molar-refractivity contribution in [2.24, 2.45) is 0 Å². The number of carboxylic acids is 1. The van der Waals surface area contributed by atoms with Gasteiger partial charge in [-0.3, -0.25) is 9.59 Å². The Morgan fingerprint density at radius 1 is 0.707 bits per heavy atom. The number of fused-ring (bicyclic) bond motifs is 9. The van der Waals surface area contributed by atoms with E-state index in [2.05, 4.69) is 115 Å². The van der Waals surface area contributed by atoms with Gasteiger partial charge < -0.3 is 25.1 Å². The molecule has 0 saturated carbocycles. The number of hydrogen-bond donors (Lipinski definition) is 1. The number of carbonyl (C=O) groups is 3. The first kappa shape index (κ1) is 49.6. The first-order chi connectivity index (χ1) is 35.7. The van der Waals surface area contributed by atoms with Gasteiger partial charge in [0.1, 0.15) is 13.6 Å². The Balaban J connectivity index is 0.893. The second-order valence-electron chi connectivity index (χ2n) is 22.9. The molecule has 0 atom stereocenters. The fraction of sp³-hybridized carbons (Fsp3) is 0.338. The average Bonchev–Trinajstić information content (AvgIpc) is 4.01. The molecule has 382 valence electrons. The molecule has 10 nitrogen and oxygen atoms in total. The second kappa shape index (κ2) is 17.8. The largest absolute Gasteiger partial charge is 0.871 e. The van der Waals surface area contributed by atoms with Crippen molar-refractivity contribution in [3.05, 3.63) is 176 Å². The molecule has 10 heteroatoms. The molecule has 0 saturated heterocycles. The van der Waals surface area contributed by atoms with Gasteiger partial charge in [0.15, 0.2) is 23.0 Å². The number of Topliss-reactive ketones (excluding diaryl/α,β-unsaturated/α-hetero) is 2. The van der Waals surface area contributed by atoms with Gasteiger partial charge in [-0.1, -0.05) is 120 Å². The number of carbonyl (C=O) groups excluding carboxylic acids is 2. The Morgan fingerprint density at radius 3 is 2.07 bits per heavy atom. The molecule has 75 heavy (non-hydrogen) atoms. The van der Waals surface area contributed by atoms with E-state index in [-0.39, 0.29) is 50.9 Å².